The fraction of sp³-hybridized carbons (Fsp3) is 0.250. The minimum atomic E-state index is -6.00. The van der Waals surface area contributed by atoms with Gasteiger partial charge in [-0.25, -0.2) is 9.97 Å². The number of aryl methyl sites for hydroxylation is 1. The summed E-state index contributed by atoms with van der Waals surface area (Å²) in [4.78, 5) is 9.78. The van der Waals surface area contributed by atoms with Crippen molar-refractivity contribution in [3.05, 3.63) is 17.3 Å². The number of hydrogen-bond acceptors (Lipinski definition) is 4. The van der Waals surface area contributed by atoms with Gasteiger partial charge in [0.05, 0.1) is 0 Å². The first kappa shape index (κ1) is 14.2. The van der Waals surface area contributed by atoms with Crippen molar-refractivity contribution in [3.8, 4) is 0 Å². The predicted molar refractivity (Wildman–Crippen MR) is 64.1 cm³/mol. The molecule has 0 saturated carbocycles. The third kappa shape index (κ3) is 4.90. The maximum absolute atomic E-state index is 9.75. The molecule has 2 aromatic heterocycles. The van der Waals surface area contributed by atoms with Gasteiger partial charge in [0.25, 0.3) is 0 Å². The molecule has 2 aromatic rings. The number of thioether (sulfide) groups is 1. The van der Waals surface area contributed by atoms with E-state index in [0.29, 0.717) is 0 Å². The van der Waals surface area contributed by atoms with Gasteiger partial charge in [0.1, 0.15) is 15.7 Å². The summed E-state index contributed by atoms with van der Waals surface area (Å²) in [6, 6.07) is 2.07. The number of halogens is 4. The van der Waals surface area contributed by atoms with Crippen LogP contribution in [0.25, 0.3) is 10.2 Å². The number of nitrogens with zero attached hydrogens (tertiary/aromatic N) is 2. The van der Waals surface area contributed by atoms with Crippen molar-refractivity contribution >= 4 is 40.6 Å². The van der Waals surface area contributed by atoms with Crippen LogP contribution in [0.15, 0.2) is 16.5 Å². The van der Waals surface area contributed by atoms with Crippen molar-refractivity contribution in [2.24, 2.45) is 0 Å². The molecule has 0 radical (unpaired) electrons. The zero-order valence-electron chi connectivity index (χ0n) is 8.95. The summed E-state index contributed by atoms with van der Waals surface area (Å²) in [5.74, 6) is 0.856. The minimum absolute atomic E-state index is 0.856. The molecule has 0 bridgehead atoms. The van der Waals surface area contributed by atoms with Crippen molar-refractivity contribution < 1.29 is 17.3 Å². The van der Waals surface area contributed by atoms with Gasteiger partial charge in [-0.3, -0.25) is 0 Å². The Bertz CT molecular complexity index is 494. The second-order valence-electron chi connectivity index (χ2n) is 2.91. The lowest BCUT2D eigenvalue weighted by Crippen LogP contribution is -2.02. The summed E-state index contributed by atoms with van der Waals surface area (Å²) in [6.07, 6.45) is 2.04. The first-order valence-electron chi connectivity index (χ1n) is 4.44. The standard InChI is InChI=1S/C8H8N2S2.BF4/c1-5-9-7(11-2)6-3-4-12-8(6)10-5;2-1(3,4)5/h3-4H,1-2H3;/q;-1. The summed E-state index contributed by atoms with van der Waals surface area (Å²) >= 11 is 3.34. The Hall–Kier alpha value is -0.825. The van der Waals surface area contributed by atoms with E-state index in [1.54, 1.807) is 23.1 Å². The van der Waals surface area contributed by atoms with Gasteiger partial charge in [-0.15, -0.1) is 23.1 Å². The molecule has 0 atom stereocenters. The van der Waals surface area contributed by atoms with Crippen molar-refractivity contribution in [2.75, 3.05) is 6.26 Å². The van der Waals surface area contributed by atoms with E-state index in [1.165, 1.54) is 5.39 Å². The van der Waals surface area contributed by atoms with E-state index >= 15 is 0 Å². The second kappa shape index (κ2) is 5.68. The Labute approximate surface area is 104 Å². The molecular weight excluding hydrogens is 275 g/mol. The van der Waals surface area contributed by atoms with Crippen molar-refractivity contribution in [3.63, 3.8) is 0 Å². The zero-order valence-corrected chi connectivity index (χ0v) is 10.6. The average molecular weight is 283 g/mol. The third-order valence-corrected chi connectivity index (χ3v) is 3.10. The zero-order chi connectivity index (χ0) is 13.1. The Morgan fingerprint density at radius 2 is 1.82 bits per heavy atom. The molecule has 2 nitrogen and oxygen atoms in total. The van der Waals surface area contributed by atoms with Crippen LogP contribution < -0.4 is 0 Å². The van der Waals surface area contributed by atoms with Crippen molar-refractivity contribution in [1.82, 2.24) is 9.97 Å². The second-order valence-corrected chi connectivity index (χ2v) is 4.60. The van der Waals surface area contributed by atoms with Crippen LogP contribution in [0.3, 0.4) is 0 Å². The Morgan fingerprint density at radius 1 is 1.24 bits per heavy atom. The van der Waals surface area contributed by atoms with Crippen LogP contribution in [0.2, 0.25) is 0 Å². The summed E-state index contributed by atoms with van der Waals surface area (Å²) < 4.78 is 39.0. The van der Waals surface area contributed by atoms with Gasteiger partial charge >= 0.3 is 7.25 Å². The predicted octanol–water partition coefficient (Wildman–Crippen LogP) is 4.02. The highest BCUT2D eigenvalue weighted by Crippen LogP contribution is 2.26. The molecule has 0 aliphatic rings. The van der Waals surface area contributed by atoms with Crippen molar-refractivity contribution in [1.29, 1.82) is 0 Å². The molecule has 0 N–H and O–H groups in total. The summed E-state index contributed by atoms with van der Waals surface area (Å²) in [5.41, 5.74) is 0. The minimum Gasteiger partial charge on any atom is -0.418 e. The van der Waals surface area contributed by atoms with E-state index in [2.05, 4.69) is 21.4 Å². The lowest BCUT2D eigenvalue weighted by Gasteiger charge is -1.98. The SMILES string of the molecule is CSc1nc(C)nc2sccc12.F[B-](F)(F)F. The molecule has 0 aliphatic heterocycles. The first-order chi connectivity index (χ1) is 7.81. The average Bonchev–Trinajstić information content (AvgIpc) is 2.61. The molecule has 94 valence electrons. The fourth-order valence-electron chi connectivity index (χ4n) is 1.09. The van der Waals surface area contributed by atoms with E-state index in [9.17, 15) is 17.3 Å². The Balaban J connectivity index is 0.000000249. The van der Waals surface area contributed by atoms with Gasteiger partial charge in [0.15, 0.2) is 0 Å². The van der Waals surface area contributed by atoms with Crippen LogP contribution in [0.4, 0.5) is 17.3 Å². The molecule has 0 aromatic carbocycles. The molecule has 9 heteroatoms. The van der Waals surface area contributed by atoms with Crippen LogP contribution >= 0.6 is 23.1 Å². The van der Waals surface area contributed by atoms with Crippen LogP contribution in [-0.2, 0) is 0 Å². The molecule has 0 saturated heterocycles. The molecule has 0 unspecified atom stereocenters. The maximum atomic E-state index is 9.75. The number of hydrogen-bond donors (Lipinski definition) is 0. The van der Waals surface area contributed by atoms with Crippen molar-refractivity contribution in [2.45, 2.75) is 11.9 Å². The van der Waals surface area contributed by atoms with Crippen LogP contribution in [0.5, 0.6) is 0 Å². The smallest absolute Gasteiger partial charge is 0.418 e. The molecule has 2 rings (SSSR count). The van der Waals surface area contributed by atoms with Crippen LogP contribution in [0.1, 0.15) is 5.82 Å². The summed E-state index contributed by atoms with van der Waals surface area (Å²) in [5, 5.41) is 4.32. The van der Waals surface area contributed by atoms with E-state index in [-0.39, 0.29) is 0 Å². The van der Waals surface area contributed by atoms with E-state index < -0.39 is 7.25 Å². The number of aromatic nitrogens is 2. The van der Waals surface area contributed by atoms with Gasteiger partial charge < -0.3 is 17.3 Å². The summed E-state index contributed by atoms with van der Waals surface area (Å²) in [7, 11) is -6.00. The van der Waals surface area contributed by atoms with E-state index in [0.717, 1.165) is 15.7 Å². The highest BCUT2D eigenvalue weighted by molar-refractivity contribution is 7.98. The molecule has 0 fully saturated rings. The lowest BCUT2D eigenvalue weighted by molar-refractivity contribution is 0.368. The largest absolute Gasteiger partial charge is 0.673 e. The molecule has 0 aliphatic carbocycles. The maximum Gasteiger partial charge on any atom is 0.673 e. The normalized spacial score (nSPS) is 11.2. The number of fused-ring (bicyclic) bond motifs is 1. The molecule has 0 spiro atoms. The summed E-state index contributed by atoms with van der Waals surface area (Å²) in [6.45, 7) is 1.93. The number of rotatable bonds is 1. The van der Waals surface area contributed by atoms with Gasteiger partial charge in [0.2, 0.25) is 0 Å². The Kier molecular flexibility index (Phi) is 4.75. The van der Waals surface area contributed by atoms with Crippen LogP contribution in [0, 0.1) is 6.92 Å². The van der Waals surface area contributed by atoms with Gasteiger partial charge in [0, 0.05) is 5.39 Å². The monoisotopic (exact) mass is 283 g/mol. The fourth-order valence-corrected chi connectivity index (χ4v) is 2.57. The highest BCUT2D eigenvalue weighted by Gasteiger charge is 2.20. The van der Waals surface area contributed by atoms with Gasteiger partial charge in [-0.05, 0) is 24.6 Å². The Morgan fingerprint density at radius 3 is 2.35 bits per heavy atom. The third-order valence-electron chi connectivity index (χ3n) is 1.60. The first-order valence-corrected chi connectivity index (χ1v) is 6.55. The quantitative estimate of drug-likeness (QED) is 0.342. The van der Waals surface area contributed by atoms with Gasteiger partial charge in [-0.1, -0.05) is 0 Å². The molecular formula is C8H8BF4N2S2-. The highest BCUT2D eigenvalue weighted by atomic mass is 32.2. The molecule has 0 amide bonds. The molecule has 2 heterocycles. The molecule has 17 heavy (non-hydrogen) atoms. The van der Waals surface area contributed by atoms with Gasteiger partial charge in [-0.2, -0.15) is 0 Å². The van der Waals surface area contributed by atoms with E-state index in [1.807, 2.05) is 13.2 Å². The van der Waals surface area contributed by atoms with E-state index in [4.69, 9.17) is 0 Å². The van der Waals surface area contributed by atoms with Crippen LogP contribution in [-0.4, -0.2) is 23.5 Å². The topological polar surface area (TPSA) is 25.8 Å². The number of thiophene rings is 1. The lowest BCUT2D eigenvalue weighted by atomic mass is 10.3.